The van der Waals surface area contributed by atoms with Gasteiger partial charge in [-0.1, -0.05) is 60.7 Å². The van der Waals surface area contributed by atoms with E-state index in [0.717, 1.165) is 0 Å². The zero-order valence-electron chi connectivity index (χ0n) is 13.6. The van der Waals surface area contributed by atoms with E-state index in [0.29, 0.717) is 11.1 Å². The van der Waals surface area contributed by atoms with Gasteiger partial charge in [0.2, 0.25) is 0 Å². The van der Waals surface area contributed by atoms with Gasteiger partial charge >= 0.3 is 0 Å². The molecule has 0 bridgehead atoms. The molecule has 0 aliphatic carbocycles. The Kier molecular flexibility index (Phi) is 7.61. The summed E-state index contributed by atoms with van der Waals surface area (Å²) in [5.41, 5.74) is 1.21. The number of carbonyl (C=O) groups excluding carboxylic acids is 2. The van der Waals surface area contributed by atoms with Gasteiger partial charge < -0.3 is 0 Å². The van der Waals surface area contributed by atoms with Crippen LogP contribution in [0.3, 0.4) is 0 Å². The van der Waals surface area contributed by atoms with Crippen LogP contribution in [0.1, 0.15) is 34.6 Å². The van der Waals surface area contributed by atoms with Crippen molar-refractivity contribution in [2.45, 2.75) is 13.8 Å². The Morgan fingerprint density at radius 2 is 1.00 bits per heavy atom. The van der Waals surface area contributed by atoms with E-state index < -0.39 is 11.8 Å². The molecule has 2 rings (SSSR count). The Hall–Kier alpha value is -3.24. The molecule has 0 spiro atoms. The van der Waals surface area contributed by atoms with E-state index in [4.69, 9.17) is 10.5 Å². The first-order valence-corrected chi connectivity index (χ1v) is 7.49. The average Bonchev–Trinajstić information content (AvgIpc) is 2.67. The summed E-state index contributed by atoms with van der Waals surface area (Å²) in [6, 6.07) is 21.5. The first kappa shape index (κ1) is 18.8. The number of hydrogen-bond acceptors (Lipinski definition) is 4. The second kappa shape index (κ2) is 9.71. The third-order valence-electron chi connectivity index (χ3n) is 3.29. The molecule has 2 atom stereocenters. The Labute approximate surface area is 142 Å². The maximum atomic E-state index is 11.4. The standard InChI is InChI=1S/2C10H9NO/c2*1-8(7-11)10(12)9-5-3-2-4-6-9/h2*2-6,8H,1H3. The van der Waals surface area contributed by atoms with Crippen LogP contribution in [0.25, 0.3) is 0 Å². The molecule has 4 heteroatoms. The van der Waals surface area contributed by atoms with Crippen LogP contribution >= 0.6 is 0 Å². The van der Waals surface area contributed by atoms with Crippen molar-refractivity contribution in [2.75, 3.05) is 0 Å². The Morgan fingerprint density at radius 3 is 1.25 bits per heavy atom. The monoisotopic (exact) mass is 318 g/mol. The molecule has 2 unspecified atom stereocenters. The molecule has 24 heavy (non-hydrogen) atoms. The Balaban J connectivity index is 0.000000240. The lowest BCUT2D eigenvalue weighted by Gasteiger charge is -1.99. The number of nitriles is 2. The molecule has 0 radical (unpaired) electrons. The molecule has 0 aromatic heterocycles. The van der Waals surface area contributed by atoms with Gasteiger partial charge in [-0.3, -0.25) is 9.59 Å². The first-order valence-electron chi connectivity index (χ1n) is 7.49. The summed E-state index contributed by atoms with van der Waals surface area (Å²) in [6.45, 7) is 3.21. The molecule has 120 valence electrons. The predicted molar refractivity (Wildman–Crippen MR) is 91.1 cm³/mol. The smallest absolute Gasteiger partial charge is 0.179 e. The van der Waals surface area contributed by atoms with Gasteiger partial charge in [-0.15, -0.1) is 0 Å². The van der Waals surface area contributed by atoms with Crippen LogP contribution in [0, 0.1) is 34.5 Å². The zero-order chi connectivity index (χ0) is 17.9. The quantitative estimate of drug-likeness (QED) is 0.796. The van der Waals surface area contributed by atoms with Crippen LogP contribution in [0.5, 0.6) is 0 Å². The number of carbonyl (C=O) groups is 2. The van der Waals surface area contributed by atoms with Crippen molar-refractivity contribution in [3.05, 3.63) is 71.8 Å². The summed E-state index contributed by atoms with van der Waals surface area (Å²) in [7, 11) is 0. The van der Waals surface area contributed by atoms with Crippen LogP contribution in [-0.4, -0.2) is 11.6 Å². The topological polar surface area (TPSA) is 81.7 Å². The van der Waals surface area contributed by atoms with Gasteiger partial charge in [0.15, 0.2) is 11.6 Å². The summed E-state index contributed by atoms with van der Waals surface area (Å²) < 4.78 is 0. The molecular weight excluding hydrogens is 300 g/mol. The molecule has 0 aliphatic heterocycles. The minimum absolute atomic E-state index is 0.113. The van der Waals surface area contributed by atoms with Crippen molar-refractivity contribution >= 4 is 11.6 Å². The number of rotatable bonds is 4. The highest BCUT2D eigenvalue weighted by Crippen LogP contribution is 2.07. The molecule has 2 aromatic rings. The molecule has 0 fully saturated rings. The van der Waals surface area contributed by atoms with Gasteiger partial charge in [-0.25, -0.2) is 0 Å². The molecule has 0 saturated heterocycles. The summed E-state index contributed by atoms with van der Waals surface area (Å²) in [5, 5.41) is 17.0. The fourth-order valence-electron chi connectivity index (χ4n) is 1.82. The lowest BCUT2D eigenvalue weighted by atomic mass is 10.0. The fourth-order valence-corrected chi connectivity index (χ4v) is 1.82. The van der Waals surface area contributed by atoms with Gasteiger partial charge in [0, 0.05) is 11.1 Å². The predicted octanol–water partition coefficient (Wildman–Crippen LogP) is 4.06. The molecule has 0 saturated carbocycles. The van der Waals surface area contributed by atoms with Crippen molar-refractivity contribution in [1.29, 1.82) is 10.5 Å². The van der Waals surface area contributed by atoms with Crippen molar-refractivity contribution in [1.82, 2.24) is 0 Å². The lowest BCUT2D eigenvalue weighted by molar-refractivity contribution is 0.0949. The molecule has 0 heterocycles. The number of Topliss-reactive ketones (excluding diaryl/α,β-unsaturated/α-hetero) is 2. The summed E-state index contributed by atoms with van der Waals surface area (Å²) in [6.07, 6.45) is 0. The number of benzene rings is 2. The molecule has 2 aromatic carbocycles. The third-order valence-corrected chi connectivity index (χ3v) is 3.29. The number of hydrogen-bond donors (Lipinski definition) is 0. The number of ketones is 2. The van der Waals surface area contributed by atoms with Crippen LogP contribution in [0.4, 0.5) is 0 Å². The van der Waals surface area contributed by atoms with Crippen molar-refractivity contribution in [3.8, 4) is 12.1 Å². The minimum atomic E-state index is -0.549. The van der Waals surface area contributed by atoms with E-state index in [1.807, 2.05) is 24.3 Å². The maximum absolute atomic E-state index is 11.4. The average molecular weight is 318 g/mol. The largest absolute Gasteiger partial charge is 0.293 e. The summed E-state index contributed by atoms with van der Waals surface area (Å²) in [5.74, 6) is -1.32. The SMILES string of the molecule is CC(C#N)C(=O)c1ccccc1.CC(C#N)C(=O)c1ccccc1. The molecule has 0 aliphatic rings. The maximum Gasteiger partial charge on any atom is 0.179 e. The first-order chi connectivity index (χ1) is 11.5. The van der Waals surface area contributed by atoms with Crippen molar-refractivity contribution in [3.63, 3.8) is 0 Å². The fraction of sp³-hybridized carbons (Fsp3) is 0.200. The van der Waals surface area contributed by atoms with Gasteiger partial charge in [0.1, 0.15) is 11.8 Å². The van der Waals surface area contributed by atoms with E-state index in [1.165, 1.54) is 0 Å². The second-order valence-electron chi connectivity index (χ2n) is 5.16. The van der Waals surface area contributed by atoms with E-state index >= 15 is 0 Å². The normalized spacial score (nSPS) is 11.7. The van der Waals surface area contributed by atoms with E-state index in [1.54, 1.807) is 62.4 Å². The molecule has 4 nitrogen and oxygen atoms in total. The summed E-state index contributed by atoms with van der Waals surface area (Å²) >= 11 is 0. The van der Waals surface area contributed by atoms with Gasteiger partial charge in [-0.05, 0) is 13.8 Å². The minimum Gasteiger partial charge on any atom is -0.293 e. The zero-order valence-corrected chi connectivity index (χ0v) is 13.6. The third kappa shape index (κ3) is 5.51. The van der Waals surface area contributed by atoms with E-state index in [2.05, 4.69) is 0 Å². The molecule has 0 amide bonds. The van der Waals surface area contributed by atoms with Gasteiger partial charge in [0.25, 0.3) is 0 Å². The van der Waals surface area contributed by atoms with Crippen LogP contribution < -0.4 is 0 Å². The Morgan fingerprint density at radius 1 is 0.708 bits per heavy atom. The second-order valence-corrected chi connectivity index (χ2v) is 5.16. The van der Waals surface area contributed by atoms with E-state index in [-0.39, 0.29) is 11.6 Å². The number of nitrogens with zero attached hydrogens (tertiary/aromatic N) is 2. The van der Waals surface area contributed by atoms with Crippen LogP contribution in [0.15, 0.2) is 60.7 Å². The van der Waals surface area contributed by atoms with Crippen molar-refractivity contribution < 1.29 is 9.59 Å². The highest BCUT2D eigenvalue weighted by molar-refractivity contribution is 5.99. The Bertz CT molecular complexity index is 688. The van der Waals surface area contributed by atoms with Crippen molar-refractivity contribution in [2.24, 2.45) is 11.8 Å². The molecular formula is C20H18N2O2. The lowest BCUT2D eigenvalue weighted by Crippen LogP contribution is -2.08. The van der Waals surface area contributed by atoms with Crippen LogP contribution in [-0.2, 0) is 0 Å². The van der Waals surface area contributed by atoms with E-state index in [9.17, 15) is 9.59 Å². The van der Waals surface area contributed by atoms with Crippen LogP contribution in [0.2, 0.25) is 0 Å². The highest BCUT2D eigenvalue weighted by atomic mass is 16.1. The summed E-state index contributed by atoms with van der Waals surface area (Å²) in [4.78, 5) is 22.7. The van der Waals surface area contributed by atoms with Gasteiger partial charge in [0.05, 0.1) is 12.1 Å². The van der Waals surface area contributed by atoms with Gasteiger partial charge in [-0.2, -0.15) is 10.5 Å². The molecule has 0 N–H and O–H groups in total. The highest BCUT2D eigenvalue weighted by Gasteiger charge is 2.13.